The van der Waals surface area contributed by atoms with Gasteiger partial charge in [-0.15, -0.1) is 0 Å². The molecule has 0 rings (SSSR count). The second kappa shape index (κ2) is 7.23. The van der Waals surface area contributed by atoms with E-state index in [4.69, 9.17) is 0 Å². The Morgan fingerprint density at radius 2 is 1.33 bits per heavy atom. The molecule has 0 fully saturated rings. The normalized spacial score (nSPS) is 15.9. The van der Waals surface area contributed by atoms with Crippen LogP contribution in [-0.4, -0.2) is 30.6 Å². The average Bonchev–Trinajstić information content (AvgIpc) is 2.17. The lowest BCUT2D eigenvalue weighted by atomic mass is 10.2. The molecular formula is C11H27NO2S. The minimum absolute atomic E-state index is 0. The van der Waals surface area contributed by atoms with Gasteiger partial charge in [0.2, 0.25) is 10.0 Å². The lowest BCUT2D eigenvalue weighted by molar-refractivity contribution is 0.263. The summed E-state index contributed by atoms with van der Waals surface area (Å²) in [6.45, 7) is 9.68. The summed E-state index contributed by atoms with van der Waals surface area (Å²) in [5.74, 6) is 0.196. The molecule has 0 aliphatic heterocycles. The van der Waals surface area contributed by atoms with E-state index in [2.05, 4.69) is 0 Å². The summed E-state index contributed by atoms with van der Waals surface area (Å²) in [4.78, 5) is 0. The molecule has 2 unspecified atom stereocenters. The Kier molecular flexibility index (Phi) is 8.34. The predicted octanol–water partition coefficient (Wildman–Crippen LogP) is 2.87. The van der Waals surface area contributed by atoms with E-state index in [-0.39, 0.29) is 25.3 Å². The number of hydrogen-bond donors (Lipinski definition) is 0. The Labute approximate surface area is 95.9 Å². The molecule has 4 heteroatoms. The molecular weight excluding hydrogens is 210 g/mol. The molecule has 0 heterocycles. The second-order valence-electron chi connectivity index (χ2n) is 3.75. The molecule has 3 nitrogen and oxygen atoms in total. The molecule has 0 aromatic carbocycles. The molecule has 0 saturated carbocycles. The van der Waals surface area contributed by atoms with E-state index >= 15 is 0 Å². The molecule has 0 amide bonds. The van der Waals surface area contributed by atoms with Gasteiger partial charge >= 0.3 is 0 Å². The van der Waals surface area contributed by atoms with Crippen molar-refractivity contribution < 1.29 is 8.42 Å². The lowest BCUT2D eigenvalue weighted by Crippen LogP contribution is -2.44. The van der Waals surface area contributed by atoms with Gasteiger partial charge in [0.25, 0.3) is 0 Å². The van der Waals surface area contributed by atoms with Crippen LogP contribution >= 0.6 is 0 Å². The van der Waals surface area contributed by atoms with Crippen LogP contribution in [0.2, 0.25) is 0 Å². The molecule has 15 heavy (non-hydrogen) atoms. The van der Waals surface area contributed by atoms with Gasteiger partial charge in [-0.05, 0) is 33.6 Å². The number of sulfonamides is 1. The van der Waals surface area contributed by atoms with E-state index in [9.17, 15) is 8.42 Å². The maximum Gasteiger partial charge on any atom is 0.214 e. The van der Waals surface area contributed by atoms with Crippen LogP contribution in [0.5, 0.6) is 0 Å². The van der Waals surface area contributed by atoms with Crippen molar-refractivity contribution in [2.75, 3.05) is 5.75 Å². The van der Waals surface area contributed by atoms with Crippen molar-refractivity contribution in [1.29, 1.82) is 0 Å². The Hall–Kier alpha value is -0.0900. The van der Waals surface area contributed by atoms with Crippen molar-refractivity contribution in [2.45, 2.75) is 67.0 Å². The van der Waals surface area contributed by atoms with Crippen LogP contribution in [0.4, 0.5) is 0 Å². The van der Waals surface area contributed by atoms with Crippen LogP contribution in [0.3, 0.4) is 0 Å². The monoisotopic (exact) mass is 237 g/mol. The largest absolute Gasteiger partial charge is 0.214 e. The maximum absolute atomic E-state index is 11.8. The summed E-state index contributed by atoms with van der Waals surface area (Å²) in [5.41, 5.74) is 0. The van der Waals surface area contributed by atoms with Gasteiger partial charge in [0, 0.05) is 12.1 Å². The number of nitrogens with zero attached hydrogens (tertiary/aromatic N) is 1. The van der Waals surface area contributed by atoms with Gasteiger partial charge in [-0.25, -0.2) is 8.42 Å². The zero-order chi connectivity index (χ0) is 11.4. The zero-order valence-electron chi connectivity index (χ0n) is 9.95. The topological polar surface area (TPSA) is 37.4 Å². The van der Waals surface area contributed by atoms with Crippen LogP contribution in [0, 0.1) is 0 Å². The summed E-state index contributed by atoms with van der Waals surface area (Å²) in [7, 11) is -3.05. The average molecular weight is 237 g/mol. The third kappa shape index (κ3) is 4.51. The fraction of sp³-hybridized carbons (Fsp3) is 1.00. The second-order valence-corrected chi connectivity index (χ2v) is 5.91. The lowest BCUT2D eigenvalue weighted by Gasteiger charge is -2.32. The van der Waals surface area contributed by atoms with Gasteiger partial charge in [-0.2, -0.15) is 4.31 Å². The fourth-order valence-corrected chi connectivity index (χ4v) is 3.18. The third-order valence-corrected chi connectivity index (χ3v) is 4.83. The van der Waals surface area contributed by atoms with E-state index in [0.29, 0.717) is 0 Å². The molecule has 0 aromatic heterocycles. The Bertz CT molecular complexity index is 239. The van der Waals surface area contributed by atoms with E-state index < -0.39 is 10.0 Å². The van der Waals surface area contributed by atoms with Gasteiger partial charge in [-0.1, -0.05) is 21.3 Å². The molecule has 0 saturated heterocycles. The highest BCUT2D eigenvalue weighted by Crippen LogP contribution is 2.17. The van der Waals surface area contributed by atoms with E-state index in [1.54, 1.807) is 11.2 Å². The Balaban J connectivity index is 0. The van der Waals surface area contributed by atoms with Gasteiger partial charge in [0.05, 0.1) is 5.75 Å². The van der Waals surface area contributed by atoms with Gasteiger partial charge < -0.3 is 0 Å². The zero-order valence-corrected chi connectivity index (χ0v) is 10.8. The highest BCUT2D eigenvalue weighted by molar-refractivity contribution is 7.89. The van der Waals surface area contributed by atoms with E-state index in [1.165, 1.54) is 0 Å². The van der Waals surface area contributed by atoms with Crippen LogP contribution in [-0.2, 0) is 10.0 Å². The molecule has 94 valence electrons. The minimum atomic E-state index is -3.05. The van der Waals surface area contributed by atoms with Crippen molar-refractivity contribution in [3.8, 4) is 0 Å². The van der Waals surface area contributed by atoms with Crippen LogP contribution in [0.25, 0.3) is 0 Å². The summed E-state index contributed by atoms with van der Waals surface area (Å²) in [6.07, 6.45) is 1.73. The van der Waals surface area contributed by atoms with Gasteiger partial charge in [-0.3, -0.25) is 0 Å². The van der Waals surface area contributed by atoms with Crippen LogP contribution < -0.4 is 0 Å². The summed E-state index contributed by atoms with van der Waals surface area (Å²) < 4.78 is 25.3. The van der Waals surface area contributed by atoms with Crippen LogP contribution in [0.1, 0.15) is 54.9 Å². The van der Waals surface area contributed by atoms with Crippen molar-refractivity contribution in [3.05, 3.63) is 0 Å². The molecule has 2 atom stereocenters. The smallest absolute Gasteiger partial charge is 0.212 e. The molecule has 0 aliphatic rings. The van der Waals surface area contributed by atoms with Gasteiger partial charge in [0.1, 0.15) is 0 Å². The highest BCUT2D eigenvalue weighted by atomic mass is 32.2. The third-order valence-electron chi connectivity index (χ3n) is 2.74. The molecule has 0 radical (unpaired) electrons. The fourth-order valence-electron chi connectivity index (χ4n) is 1.49. The Morgan fingerprint density at radius 1 is 1.00 bits per heavy atom. The first-order valence-electron chi connectivity index (χ1n) is 5.41. The first-order valence-corrected chi connectivity index (χ1v) is 7.02. The molecule has 0 aromatic rings. The van der Waals surface area contributed by atoms with E-state index in [0.717, 1.165) is 12.8 Å². The van der Waals surface area contributed by atoms with Crippen molar-refractivity contribution in [2.24, 2.45) is 0 Å². The summed E-state index contributed by atoms with van der Waals surface area (Å²) in [5, 5.41) is 0. The number of hydrogen-bond acceptors (Lipinski definition) is 2. The summed E-state index contributed by atoms with van der Waals surface area (Å²) in [6, 6.07) is 0.213. The molecule has 0 N–H and O–H groups in total. The minimum Gasteiger partial charge on any atom is -0.212 e. The van der Waals surface area contributed by atoms with Crippen molar-refractivity contribution >= 4 is 10.0 Å². The highest BCUT2D eigenvalue weighted by Gasteiger charge is 2.28. The van der Waals surface area contributed by atoms with Crippen molar-refractivity contribution in [3.63, 3.8) is 0 Å². The molecule has 0 spiro atoms. The maximum atomic E-state index is 11.8. The van der Waals surface area contributed by atoms with Crippen LogP contribution in [0.15, 0.2) is 0 Å². The molecule has 0 aliphatic carbocycles. The standard InChI is InChI=1S/C10H23NO2S.CH4/c1-6-9(4)11(10(5)7-2)14(12,13)8-3;/h9-10H,6-8H2,1-5H3;1H4. The Morgan fingerprint density at radius 3 is 1.53 bits per heavy atom. The first-order chi connectivity index (χ1) is 6.40. The predicted molar refractivity (Wildman–Crippen MR) is 67.5 cm³/mol. The quantitative estimate of drug-likeness (QED) is 0.712. The number of rotatable bonds is 6. The first kappa shape index (κ1) is 17.3. The molecule has 0 bridgehead atoms. The van der Waals surface area contributed by atoms with E-state index in [1.807, 2.05) is 27.7 Å². The van der Waals surface area contributed by atoms with Crippen molar-refractivity contribution in [1.82, 2.24) is 4.31 Å². The van der Waals surface area contributed by atoms with Gasteiger partial charge in [0.15, 0.2) is 0 Å². The SMILES string of the molecule is C.CCC(C)N(C(C)CC)S(=O)(=O)CC. The summed E-state index contributed by atoms with van der Waals surface area (Å²) >= 11 is 0.